The van der Waals surface area contributed by atoms with Crippen LogP contribution in [0.15, 0.2) is 9.21 Å². The Morgan fingerprint density at radius 1 is 1.27 bits per heavy atom. The molecule has 0 aliphatic rings. The SMILES string of the molecule is CCc1c(C)nc2nc(NC(=O)c3oc(C)nc3C)[nH]n2c1=O.O=CO. The van der Waals surface area contributed by atoms with Gasteiger partial charge in [-0.25, -0.2) is 9.97 Å². The first-order chi connectivity index (χ1) is 12.3. The molecule has 0 bridgehead atoms. The molecule has 0 aliphatic carbocycles. The maximum atomic E-state index is 12.3. The number of anilines is 1. The second-order valence-corrected chi connectivity index (χ2v) is 5.25. The predicted octanol–water partition coefficient (Wildman–Crippen LogP) is 0.846. The Bertz CT molecular complexity index is 1020. The summed E-state index contributed by atoms with van der Waals surface area (Å²) in [6.07, 6.45) is 0.567. The number of nitrogens with one attached hydrogen (secondary N) is 2. The minimum absolute atomic E-state index is 0.105. The van der Waals surface area contributed by atoms with Gasteiger partial charge in [-0.05, 0) is 20.3 Å². The zero-order chi connectivity index (χ0) is 19.4. The first-order valence-electron chi connectivity index (χ1n) is 7.63. The van der Waals surface area contributed by atoms with Gasteiger partial charge in [-0.1, -0.05) is 6.92 Å². The molecule has 0 atom stereocenters. The third kappa shape index (κ3) is 3.61. The number of fused-ring (bicyclic) bond motifs is 1. The van der Waals surface area contributed by atoms with Gasteiger partial charge in [-0.3, -0.25) is 24.8 Å². The number of carboxylic acid groups (broad SMARTS) is 1. The molecular weight excluding hydrogens is 344 g/mol. The topological polar surface area (TPSA) is 155 Å². The first-order valence-corrected chi connectivity index (χ1v) is 7.63. The van der Waals surface area contributed by atoms with Gasteiger partial charge in [0.1, 0.15) is 0 Å². The Kier molecular flexibility index (Phi) is 5.50. The first kappa shape index (κ1) is 18.8. The Morgan fingerprint density at radius 3 is 2.46 bits per heavy atom. The summed E-state index contributed by atoms with van der Waals surface area (Å²) in [4.78, 5) is 45.3. The van der Waals surface area contributed by atoms with Crippen LogP contribution in [0.5, 0.6) is 0 Å². The molecule has 11 nitrogen and oxygen atoms in total. The van der Waals surface area contributed by atoms with Crippen molar-refractivity contribution in [1.82, 2.24) is 24.6 Å². The predicted molar refractivity (Wildman–Crippen MR) is 90.3 cm³/mol. The third-order valence-electron chi connectivity index (χ3n) is 3.49. The Morgan fingerprint density at radius 2 is 1.92 bits per heavy atom. The molecule has 0 saturated heterocycles. The highest BCUT2D eigenvalue weighted by atomic mass is 16.4. The number of carbonyl (C=O) groups is 2. The number of rotatable bonds is 3. The Hall–Kier alpha value is -3.50. The van der Waals surface area contributed by atoms with Crippen LogP contribution < -0.4 is 10.9 Å². The van der Waals surface area contributed by atoms with Crippen LogP contribution in [0.2, 0.25) is 0 Å². The summed E-state index contributed by atoms with van der Waals surface area (Å²) in [7, 11) is 0. The second-order valence-electron chi connectivity index (χ2n) is 5.25. The molecule has 3 heterocycles. The fraction of sp³-hybridized carbons (Fsp3) is 0.333. The highest BCUT2D eigenvalue weighted by molar-refractivity contribution is 6.01. The molecule has 0 aromatic carbocycles. The van der Waals surface area contributed by atoms with E-state index in [0.717, 1.165) is 0 Å². The van der Waals surface area contributed by atoms with Crippen LogP contribution in [-0.4, -0.2) is 42.1 Å². The Labute approximate surface area is 147 Å². The summed E-state index contributed by atoms with van der Waals surface area (Å²) in [5.74, 6) is 0.320. The van der Waals surface area contributed by atoms with Crippen molar-refractivity contribution in [3.63, 3.8) is 0 Å². The molecule has 0 fully saturated rings. The molecule has 3 aromatic rings. The molecule has 3 aromatic heterocycles. The maximum absolute atomic E-state index is 12.3. The minimum Gasteiger partial charge on any atom is -0.483 e. The monoisotopic (exact) mass is 362 g/mol. The van der Waals surface area contributed by atoms with E-state index in [2.05, 4.69) is 25.4 Å². The van der Waals surface area contributed by atoms with E-state index >= 15 is 0 Å². The van der Waals surface area contributed by atoms with Crippen molar-refractivity contribution < 1.29 is 19.1 Å². The van der Waals surface area contributed by atoms with Crippen LogP contribution in [-0.2, 0) is 11.2 Å². The highest BCUT2D eigenvalue weighted by Gasteiger charge is 2.18. The van der Waals surface area contributed by atoms with Gasteiger partial charge in [0.15, 0.2) is 5.89 Å². The number of carbonyl (C=O) groups excluding carboxylic acids is 1. The van der Waals surface area contributed by atoms with Crippen molar-refractivity contribution in [1.29, 1.82) is 0 Å². The van der Waals surface area contributed by atoms with E-state index in [1.54, 1.807) is 20.8 Å². The van der Waals surface area contributed by atoms with Crippen LogP contribution in [0.4, 0.5) is 5.95 Å². The van der Waals surface area contributed by atoms with Crippen molar-refractivity contribution in [2.24, 2.45) is 0 Å². The lowest BCUT2D eigenvalue weighted by molar-refractivity contribution is -0.122. The van der Waals surface area contributed by atoms with E-state index in [4.69, 9.17) is 14.3 Å². The fourth-order valence-corrected chi connectivity index (χ4v) is 2.42. The zero-order valence-electron chi connectivity index (χ0n) is 14.7. The van der Waals surface area contributed by atoms with Crippen molar-refractivity contribution in [2.45, 2.75) is 34.1 Å². The minimum atomic E-state index is -0.498. The summed E-state index contributed by atoms with van der Waals surface area (Å²) >= 11 is 0. The van der Waals surface area contributed by atoms with Crippen LogP contribution in [0.3, 0.4) is 0 Å². The quantitative estimate of drug-likeness (QED) is 0.579. The summed E-state index contributed by atoms with van der Waals surface area (Å²) in [6.45, 7) is 6.72. The summed E-state index contributed by atoms with van der Waals surface area (Å²) in [6, 6.07) is 0. The molecule has 26 heavy (non-hydrogen) atoms. The van der Waals surface area contributed by atoms with Crippen LogP contribution >= 0.6 is 0 Å². The number of hydrogen-bond donors (Lipinski definition) is 3. The average Bonchev–Trinajstić information content (AvgIpc) is 3.11. The van der Waals surface area contributed by atoms with Crippen molar-refractivity contribution in [3.05, 3.63) is 39.0 Å². The van der Waals surface area contributed by atoms with Gasteiger partial charge in [-0.15, -0.1) is 0 Å². The molecule has 11 heteroatoms. The molecule has 3 N–H and O–H groups in total. The zero-order valence-corrected chi connectivity index (χ0v) is 14.7. The second kappa shape index (κ2) is 7.59. The number of aryl methyl sites for hydroxylation is 3. The molecule has 138 valence electrons. The molecule has 0 aliphatic heterocycles. The lowest BCUT2D eigenvalue weighted by atomic mass is 10.2. The summed E-state index contributed by atoms with van der Waals surface area (Å²) in [5.41, 5.74) is 1.49. The number of nitrogens with zero attached hydrogens (tertiary/aromatic N) is 4. The molecule has 0 unspecified atom stereocenters. The van der Waals surface area contributed by atoms with Crippen molar-refractivity contribution in [2.75, 3.05) is 5.32 Å². The van der Waals surface area contributed by atoms with Gasteiger partial charge in [-0.2, -0.15) is 9.50 Å². The summed E-state index contributed by atoms with van der Waals surface area (Å²) < 4.78 is 6.46. The molecular formula is C15H18N6O5. The Balaban J connectivity index is 0.000000758. The fourth-order valence-electron chi connectivity index (χ4n) is 2.42. The van der Waals surface area contributed by atoms with Gasteiger partial charge in [0.2, 0.25) is 11.7 Å². The van der Waals surface area contributed by atoms with Crippen LogP contribution in [0.25, 0.3) is 5.78 Å². The third-order valence-corrected chi connectivity index (χ3v) is 3.49. The van der Waals surface area contributed by atoms with Gasteiger partial charge in [0.05, 0.1) is 11.4 Å². The number of hydrogen-bond acceptors (Lipinski definition) is 7. The summed E-state index contributed by atoms with van der Waals surface area (Å²) in [5, 5.41) is 12.2. The van der Waals surface area contributed by atoms with Crippen LogP contribution in [0.1, 0.15) is 40.3 Å². The van der Waals surface area contributed by atoms with Crippen LogP contribution in [0, 0.1) is 20.8 Å². The number of aromatic amines is 1. The average molecular weight is 362 g/mol. The van der Waals surface area contributed by atoms with Gasteiger partial charge < -0.3 is 9.52 Å². The van der Waals surface area contributed by atoms with E-state index in [1.807, 2.05) is 6.92 Å². The number of oxazole rings is 1. The van der Waals surface area contributed by atoms with Gasteiger partial charge >= 0.3 is 0 Å². The lowest BCUT2D eigenvalue weighted by Gasteiger charge is -2.00. The van der Waals surface area contributed by atoms with E-state index < -0.39 is 5.91 Å². The van der Waals surface area contributed by atoms with E-state index in [9.17, 15) is 9.59 Å². The standard InChI is InChI=1S/C14H16N6O3.CH2O2/c1-5-9-6(2)16-14-18-13(19-20(14)12(9)22)17-11(21)10-7(3)15-8(4)23-10;2-1-3/h5H2,1-4H3,(H2,16,17,18,19,21);1H,(H,2,3). The number of H-pyrrole nitrogens is 1. The van der Waals surface area contributed by atoms with Gasteiger partial charge in [0.25, 0.3) is 23.7 Å². The van der Waals surface area contributed by atoms with Crippen molar-refractivity contribution in [3.8, 4) is 0 Å². The van der Waals surface area contributed by atoms with Crippen molar-refractivity contribution >= 4 is 24.1 Å². The molecule has 0 saturated carbocycles. The van der Waals surface area contributed by atoms with E-state index in [-0.39, 0.29) is 29.5 Å². The molecule has 0 spiro atoms. The van der Waals surface area contributed by atoms with Gasteiger partial charge in [0, 0.05) is 12.5 Å². The van der Waals surface area contributed by atoms with E-state index in [1.165, 1.54) is 4.52 Å². The molecule has 1 amide bonds. The normalized spacial score (nSPS) is 10.3. The highest BCUT2D eigenvalue weighted by Crippen LogP contribution is 2.12. The molecule has 3 rings (SSSR count). The maximum Gasteiger partial charge on any atom is 0.295 e. The smallest absolute Gasteiger partial charge is 0.295 e. The molecule has 0 radical (unpaired) electrons. The number of amides is 1. The largest absolute Gasteiger partial charge is 0.483 e. The lowest BCUT2D eigenvalue weighted by Crippen LogP contribution is -2.21. The number of aromatic nitrogens is 5. The van der Waals surface area contributed by atoms with E-state index in [0.29, 0.717) is 29.3 Å².